The summed E-state index contributed by atoms with van der Waals surface area (Å²) in [5.41, 5.74) is 1.77. The molecule has 4 nitrogen and oxygen atoms in total. The predicted molar refractivity (Wildman–Crippen MR) is 83.3 cm³/mol. The molecule has 1 saturated heterocycles. The molecule has 21 heavy (non-hydrogen) atoms. The van der Waals surface area contributed by atoms with E-state index < -0.39 is 0 Å². The molecule has 4 heteroatoms. The third-order valence-corrected chi connectivity index (χ3v) is 4.00. The standard InChI is InChI=1S/C17H25NO3/c1-4-5-6-8-13-11-14(17(19)18-9-7-10-18)12-15(20-2)16(13)21-3/h11-12H,4-10H2,1-3H3. The minimum Gasteiger partial charge on any atom is -0.493 e. The van der Waals surface area contributed by atoms with Crippen molar-refractivity contribution in [3.8, 4) is 11.5 Å². The second kappa shape index (κ2) is 7.34. The highest BCUT2D eigenvalue weighted by Crippen LogP contribution is 2.34. The molecule has 0 bridgehead atoms. The zero-order valence-corrected chi connectivity index (χ0v) is 13.3. The van der Waals surface area contributed by atoms with Crippen LogP contribution in [0.15, 0.2) is 12.1 Å². The smallest absolute Gasteiger partial charge is 0.254 e. The maximum Gasteiger partial charge on any atom is 0.254 e. The third-order valence-electron chi connectivity index (χ3n) is 4.00. The van der Waals surface area contributed by atoms with Crippen molar-refractivity contribution in [2.45, 2.75) is 39.0 Å². The van der Waals surface area contributed by atoms with Crippen LogP contribution in [0, 0.1) is 0 Å². The lowest BCUT2D eigenvalue weighted by atomic mass is 10.0. The fourth-order valence-corrected chi connectivity index (χ4v) is 2.62. The van der Waals surface area contributed by atoms with Gasteiger partial charge in [0.2, 0.25) is 0 Å². The molecule has 1 amide bonds. The highest BCUT2D eigenvalue weighted by molar-refractivity contribution is 5.95. The van der Waals surface area contributed by atoms with Crippen molar-refractivity contribution in [1.82, 2.24) is 4.90 Å². The van der Waals surface area contributed by atoms with Crippen LogP contribution in [0.25, 0.3) is 0 Å². The van der Waals surface area contributed by atoms with E-state index in [-0.39, 0.29) is 5.91 Å². The number of carbonyl (C=O) groups is 1. The molecule has 1 aromatic carbocycles. The second-order valence-electron chi connectivity index (χ2n) is 5.47. The first-order valence-electron chi connectivity index (χ1n) is 7.75. The van der Waals surface area contributed by atoms with Gasteiger partial charge in [0.05, 0.1) is 14.2 Å². The number of methoxy groups -OCH3 is 2. The molecule has 1 fully saturated rings. The van der Waals surface area contributed by atoms with Crippen LogP contribution in [0.4, 0.5) is 0 Å². The lowest BCUT2D eigenvalue weighted by Gasteiger charge is -2.31. The first-order valence-corrected chi connectivity index (χ1v) is 7.75. The van der Waals surface area contributed by atoms with Gasteiger partial charge in [0.15, 0.2) is 11.5 Å². The van der Waals surface area contributed by atoms with Gasteiger partial charge in [0.1, 0.15) is 0 Å². The van der Waals surface area contributed by atoms with Crippen molar-refractivity contribution in [1.29, 1.82) is 0 Å². The largest absolute Gasteiger partial charge is 0.493 e. The van der Waals surface area contributed by atoms with Crippen LogP contribution in [0.3, 0.4) is 0 Å². The Balaban J connectivity index is 2.28. The average molecular weight is 291 g/mol. The van der Waals surface area contributed by atoms with Crippen LogP contribution < -0.4 is 9.47 Å². The maximum atomic E-state index is 12.4. The first kappa shape index (κ1) is 15.7. The van der Waals surface area contributed by atoms with Crippen molar-refractivity contribution in [3.63, 3.8) is 0 Å². The highest BCUT2D eigenvalue weighted by atomic mass is 16.5. The van der Waals surface area contributed by atoms with Gasteiger partial charge in [0.25, 0.3) is 5.91 Å². The van der Waals surface area contributed by atoms with Crippen LogP contribution in [0.1, 0.15) is 48.5 Å². The van der Waals surface area contributed by atoms with E-state index in [9.17, 15) is 4.79 Å². The van der Waals surface area contributed by atoms with E-state index in [4.69, 9.17) is 9.47 Å². The fraction of sp³-hybridized carbons (Fsp3) is 0.588. The van der Waals surface area contributed by atoms with Crippen LogP contribution in [0.2, 0.25) is 0 Å². The Morgan fingerprint density at radius 1 is 1.19 bits per heavy atom. The zero-order chi connectivity index (χ0) is 15.2. The normalized spacial score (nSPS) is 13.8. The molecule has 0 N–H and O–H groups in total. The van der Waals surface area contributed by atoms with Crippen LogP contribution in [0.5, 0.6) is 11.5 Å². The molecule has 0 atom stereocenters. The van der Waals surface area contributed by atoms with E-state index in [2.05, 4.69) is 6.92 Å². The Morgan fingerprint density at radius 2 is 1.95 bits per heavy atom. The van der Waals surface area contributed by atoms with Crippen molar-refractivity contribution in [3.05, 3.63) is 23.3 Å². The lowest BCUT2D eigenvalue weighted by Crippen LogP contribution is -2.42. The molecule has 1 aromatic rings. The fourth-order valence-electron chi connectivity index (χ4n) is 2.62. The van der Waals surface area contributed by atoms with Gasteiger partial charge in [-0.25, -0.2) is 0 Å². The molecule has 2 rings (SSSR count). The van der Waals surface area contributed by atoms with Crippen molar-refractivity contribution < 1.29 is 14.3 Å². The monoisotopic (exact) mass is 291 g/mol. The Hall–Kier alpha value is -1.71. The number of nitrogens with zero attached hydrogens (tertiary/aromatic N) is 1. The SMILES string of the molecule is CCCCCc1cc(C(=O)N2CCC2)cc(OC)c1OC. The number of hydrogen-bond donors (Lipinski definition) is 0. The Bertz CT molecular complexity index is 495. The summed E-state index contributed by atoms with van der Waals surface area (Å²) in [7, 11) is 3.27. The van der Waals surface area contributed by atoms with Gasteiger partial charge in [-0.15, -0.1) is 0 Å². The minimum absolute atomic E-state index is 0.0962. The minimum atomic E-state index is 0.0962. The number of benzene rings is 1. The molecule has 1 heterocycles. The molecule has 1 aliphatic rings. The number of carbonyl (C=O) groups excluding carboxylic acids is 1. The highest BCUT2D eigenvalue weighted by Gasteiger charge is 2.24. The third kappa shape index (κ3) is 3.49. The summed E-state index contributed by atoms with van der Waals surface area (Å²) in [5.74, 6) is 1.50. The van der Waals surface area contributed by atoms with E-state index >= 15 is 0 Å². The van der Waals surface area contributed by atoms with E-state index in [1.807, 2.05) is 11.0 Å². The summed E-state index contributed by atoms with van der Waals surface area (Å²) in [6, 6.07) is 3.76. The van der Waals surface area contributed by atoms with Crippen LogP contribution >= 0.6 is 0 Å². The number of ether oxygens (including phenoxy) is 2. The summed E-state index contributed by atoms with van der Waals surface area (Å²) < 4.78 is 10.9. The summed E-state index contributed by atoms with van der Waals surface area (Å²) in [5, 5.41) is 0. The van der Waals surface area contributed by atoms with Crippen molar-refractivity contribution in [2.75, 3.05) is 27.3 Å². The molecule has 116 valence electrons. The number of unbranched alkanes of at least 4 members (excludes halogenated alkanes) is 2. The topological polar surface area (TPSA) is 38.8 Å². The maximum absolute atomic E-state index is 12.4. The predicted octanol–water partition coefficient (Wildman–Crippen LogP) is 3.28. The lowest BCUT2D eigenvalue weighted by molar-refractivity contribution is 0.0651. The van der Waals surface area contributed by atoms with Gasteiger partial charge in [-0.1, -0.05) is 19.8 Å². The number of aryl methyl sites for hydroxylation is 1. The molecule has 0 saturated carbocycles. The van der Waals surface area contributed by atoms with Crippen LogP contribution in [-0.2, 0) is 6.42 Å². The molecular formula is C17H25NO3. The number of rotatable bonds is 7. The van der Waals surface area contributed by atoms with Gasteiger partial charge in [-0.2, -0.15) is 0 Å². The zero-order valence-electron chi connectivity index (χ0n) is 13.3. The Kier molecular flexibility index (Phi) is 5.48. The first-order chi connectivity index (χ1) is 10.2. The summed E-state index contributed by atoms with van der Waals surface area (Å²) >= 11 is 0. The van der Waals surface area contributed by atoms with Gasteiger partial charge >= 0.3 is 0 Å². The molecule has 0 aromatic heterocycles. The number of amides is 1. The van der Waals surface area contributed by atoms with E-state index in [0.29, 0.717) is 11.3 Å². The molecule has 0 spiro atoms. The van der Waals surface area contributed by atoms with Gasteiger partial charge in [0, 0.05) is 18.7 Å². The van der Waals surface area contributed by atoms with Crippen LogP contribution in [-0.4, -0.2) is 38.1 Å². The van der Waals surface area contributed by atoms with Gasteiger partial charge in [-0.3, -0.25) is 4.79 Å². The second-order valence-corrected chi connectivity index (χ2v) is 5.47. The van der Waals surface area contributed by atoms with Crippen molar-refractivity contribution in [2.24, 2.45) is 0 Å². The average Bonchev–Trinajstić information content (AvgIpc) is 2.44. The molecule has 1 aliphatic heterocycles. The number of hydrogen-bond acceptors (Lipinski definition) is 3. The summed E-state index contributed by atoms with van der Waals surface area (Å²) in [4.78, 5) is 14.3. The Morgan fingerprint density at radius 3 is 2.48 bits per heavy atom. The molecular weight excluding hydrogens is 266 g/mol. The van der Waals surface area contributed by atoms with E-state index in [0.717, 1.165) is 43.7 Å². The molecule has 0 radical (unpaired) electrons. The molecule has 0 aliphatic carbocycles. The number of likely N-dealkylation sites (tertiary alicyclic amines) is 1. The van der Waals surface area contributed by atoms with Crippen molar-refractivity contribution >= 4 is 5.91 Å². The summed E-state index contributed by atoms with van der Waals surface area (Å²) in [6.07, 6.45) is 5.45. The van der Waals surface area contributed by atoms with E-state index in [1.54, 1.807) is 20.3 Å². The summed E-state index contributed by atoms with van der Waals surface area (Å²) in [6.45, 7) is 3.90. The van der Waals surface area contributed by atoms with Gasteiger partial charge < -0.3 is 14.4 Å². The molecule has 0 unspecified atom stereocenters. The quantitative estimate of drug-likeness (QED) is 0.724. The van der Waals surface area contributed by atoms with Gasteiger partial charge in [-0.05, 0) is 37.0 Å². The Labute approximate surface area is 127 Å². The van der Waals surface area contributed by atoms with E-state index in [1.165, 1.54) is 12.8 Å².